The molecule has 2 aromatic rings. The Labute approximate surface area is 153 Å². The second kappa shape index (κ2) is 7.02. The molecule has 1 aliphatic carbocycles. The third kappa shape index (κ3) is 3.62. The highest BCUT2D eigenvalue weighted by atomic mass is 32.2. The molecule has 7 nitrogen and oxygen atoms in total. The molecule has 0 amide bonds. The highest BCUT2D eigenvalue weighted by Crippen LogP contribution is 2.26. The van der Waals surface area contributed by atoms with Crippen molar-refractivity contribution in [1.29, 1.82) is 0 Å². The van der Waals surface area contributed by atoms with Gasteiger partial charge in [-0.2, -0.15) is 0 Å². The number of sulfonamides is 1. The number of anilines is 1. The van der Waals surface area contributed by atoms with Crippen molar-refractivity contribution < 1.29 is 12.9 Å². The van der Waals surface area contributed by atoms with Crippen molar-refractivity contribution in [3.63, 3.8) is 0 Å². The summed E-state index contributed by atoms with van der Waals surface area (Å²) < 4.78 is 28.2. The van der Waals surface area contributed by atoms with Gasteiger partial charge in [-0.3, -0.25) is 4.90 Å². The molecule has 1 aromatic heterocycles. The zero-order valence-corrected chi connectivity index (χ0v) is 15.5. The quantitative estimate of drug-likeness (QED) is 0.870. The van der Waals surface area contributed by atoms with Gasteiger partial charge in [-0.1, -0.05) is 5.16 Å². The first-order valence-electron chi connectivity index (χ1n) is 9.07. The molecule has 0 atom stereocenters. The van der Waals surface area contributed by atoms with Crippen LogP contribution in [0.3, 0.4) is 0 Å². The van der Waals surface area contributed by atoms with Gasteiger partial charge in [0.25, 0.3) is 0 Å². The lowest BCUT2D eigenvalue weighted by atomic mass is 9.96. The van der Waals surface area contributed by atoms with E-state index in [-0.39, 0.29) is 4.90 Å². The van der Waals surface area contributed by atoms with Crippen LogP contribution in [0, 0.1) is 0 Å². The van der Waals surface area contributed by atoms with Crippen LogP contribution in [0.25, 0.3) is 0 Å². The first-order valence-corrected chi connectivity index (χ1v) is 10.6. The second-order valence-electron chi connectivity index (χ2n) is 7.04. The minimum Gasteiger partial charge on any atom is -0.369 e. The van der Waals surface area contributed by atoms with Gasteiger partial charge in [-0.05, 0) is 43.5 Å². The van der Waals surface area contributed by atoms with Crippen molar-refractivity contribution in [3.05, 3.63) is 41.3 Å². The Morgan fingerprint density at radius 3 is 2.42 bits per heavy atom. The van der Waals surface area contributed by atoms with Crippen molar-refractivity contribution >= 4 is 15.7 Å². The highest BCUT2D eigenvalue weighted by Gasteiger charge is 2.23. The average Bonchev–Trinajstić information content (AvgIpc) is 3.05. The zero-order chi connectivity index (χ0) is 18.1. The maximum Gasteiger partial charge on any atom is 0.238 e. The molecule has 2 heterocycles. The zero-order valence-electron chi connectivity index (χ0n) is 14.7. The summed E-state index contributed by atoms with van der Waals surface area (Å²) >= 11 is 0. The predicted molar refractivity (Wildman–Crippen MR) is 98.5 cm³/mol. The number of nitrogens with zero attached hydrogens (tertiary/aromatic N) is 3. The molecular formula is C18H24N4O3S. The summed E-state index contributed by atoms with van der Waals surface area (Å²) in [6.07, 6.45) is 4.53. The molecular weight excluding hydrogens is 352 g/mol. The number of benzene rings is 1. The lowest BCUT2D eigenvalue weighted by Crippen LogP contribution is -2.46. The summed E-state index contributed by atoms with van der Waals surface area (Å²) in [4.78, 5) is 4.82. The SMILES string of the molecule is NS(=O)(=O)c1ccc(N2CCN(Cc3noc4c3CCCC4)CC2)cc1. The number of piperazine rings is 1. The van der Waals surface area contributed by atoms with E-state index in [1.54, 1.807) is 12.1 Å². The summed E-state index contributed by atoms with van der Waals surface area (Å²) in [5, 5.41) is 9.46. The second-order valence-corrected chi connectivity index (χ2v) is 8.60. The van der Waals surface area contributed by atoms with E-state index in [9.17, 15) is 8.42 Å². The van der Waals surface area contributed by atoms with E-state index >= 15 is 0 Å². The lowest BCUT2D eigenvalue weighted by molar-refractivity contribution is 0.241. The normalized spacial score (nSPS) is 18.7. The van der Waals surface area contributed by atoms with Gasteiger partial charge >= 0.3 is 0 Å². The van der Waals surface area contributed by atoms with Crippen LogP contribution >= 0.6 is 0 Å². The molecule has 8 heteroatoms. The first-order chi connectivity index (χ1) is 12.5. The third-order valence-corrected chi connectivity index (χ3v) is 6.24. The van der Waals surface area contributed by atoms with Gasteiger partial charge in [-0.25, -0.2) is 13.6 Å². The van der Waals surface area contributed by atoms with Crippen molar-refractivity contribution in [2.75, 3.05) is 31.1 Å². The van der Waals surface area contributed by atoms with E-state index < -0.39 is 10.0 Å². The maximum absolute atomic E-state index is 11.4. The summed E-state index contributed by atoms with van der Waals surface area (Å²) in [5.74, 6) is 1.08. The van der Waals surface area contributed by atoms with Crippen molar-refractivity contribution in [2.45, 2.75) is 37.1 Å². The molecule has 26 heavy (non-hydrogen) atoms. The van der Waals surface area contributed by atoms with Crippen LogP contribution in [0.1, 0.15) is 29.9 Å². The van der Waals surface area contributed by atoms with Gasteiger partial charge in [0.2, 0.25) is 10.0 Å². The number of rotatable bonds is 4. The fraction of sp³-hybridized carbons (Fsp3) is 0.500. The molecule has 0 saturated carbocycles. The van der Waals surface area contributed by atoms with Crippen molar-refractivity contribution in [2.24, 2.45) is 5.14 Å². The van der Waals surface area contributed by atoms with Crippen molar-refractivity contribution in [1.82, 2.24) is 10.1 Å². The van der Waals surface area contributed by atoms with Crippen LogP contribution in [-0.2, 0) is 29.4 Å². The van der Waals surface area contributed by atoms with E-state index in [2.05, 4.69) is 15.0 Å². The van der Waals surface area contributed by atoms with Crippen LogP contribution in [0.2, 0.25) is 0 Å². The monoisotopic (exact) mass is 376 g/mol. The Kier molecular flexibility index (Phi) is 4.73. The molecule has 2 aliphatic rings. The van der Waals surface area contributed by atoms with E-state index in [1.165, 1.54) is 18.4 Å². The molecule has 2 N–H and O–H groups in total. The van der Waals surface area contributed by atoms with Gasteiger partial charge in [0.15, 0.2) is 0 Å². The van der Waals surface area contributed by atoms with Crippen LogP contribution < -0.4 is 10.0 Å². The number of hydrogen-bond acceptors (Lipinski definition) is 6. The minimum absolute atomic E-state index is 0.149. The van der Waals surface area contributed by atoms with Crippen molar-refractivity contribution in [3.8, 4) is 0 Å². The summed E-state index contributed by atoms with van der Waals surface area (Å²) in [6, 6.07) is 6.78. The summed E-state index contributed by atoms with van der Waals surface area (Å²) in [7, 11) is -3.64. The Bertz CT molecular complexity index is 868. The number of primary sulfonamides is 1. The molecule has 140 valence electrons. The predicted octanol–water partition coefficient (Wildman–Crippen LogP) is 1.52. The summed E-state index contributed by atoms with van der Waals surface area (Å²) in [5.41, 5.74) is 3.46. The Morgan fingerprint density at radius 1 is 1.04 bits per heavy atom. The number of aromatic nitrogens is 1. The van der Waals surface area contributed by atoms with E-state index in [1.807, 2.05) is 12.1 Å². The fourth-order valence-electron chi connectivity index (χ4n) is 3.80. The number of nitrogens with two attached hydrogens (primary N) is 1. The van der Waals surface area contributed by atoms with E-state index in [0.29, 0.717) is 0 Å². The van der Waals surface area contributed by atoms with E-state index in [4.69, 9.17) is 9.66 Å². The average molecular weight is 376 g/mol. The summed E-state index contributed by atoms with van der Waals surface area (Å²) in [6.45, 7) is 4.53. The van der Waals surface area contributed by atoms with Gasteiger partial charge in [0.05, 0.1) is 4.90 Å². The molecule has 0 radical (unpaired) electrons. The van der Waals surface area contributed by atoms with E-state index in [0.717, 1.165) is 62.7 Å². The smallest absolute Gasteiger partial charge is 0.238 e. The Hall–Kier alpha value is -1.90. The van der Waals surface area contributed by atoms with Gasteiger partial charge < -0.3 is 9.42 Å². The molecule has 0 spiro atoms. The molecule has 0 bridgehead atoms. The van der Waals surface area contributed by atoms with Crippen LogP contribution in [0.5, 0.6) is 0 Å². The van der Waals surface area contributed by atoms with Crippen LogP contribution in [-0.4, -0.2) is 44.7 Å². The van der Waals surface area contributed by atoms with Gasteiger partial charge in [0.1, 0.15) is 11.5 Å². The largest absolute Gasteiger partial charge is 0.369 e. The minimum atomic E-state index is -3.64. The fourth-order valence-corrected chi connectivity index (χ4v) is 4.31. The first kappa shape index (κ1) is 17.5. The number of hydrogen-bond donors (Lipinski definition) is 1. The van der Waals surface area contributed by atoms with Gasteiger partial charge in [-0.15, -0.1) is 0 Å². The number of aryl methyl sites for hydroxylation is 1. The topological polar surface area (TPSA) is 92.7 Å². The maximum atomic E-state index is 11.4. The molecule has 1 aliphatic heterocycles. The third-order valence-electron chi connectivity index (χ3n) is 5.31. The highest BCUT2D eigenvalue weighted by molar-refractivity contribution is 7.89. The molecule has 1 aromatic carbocycles. The molecule has 0 unspecified atom stereocenters. The standard InChI is InChI=1S/C18H24N4O3S/c19-26(23,24)15-7-5-14(6-8-15)22-11-9-21(10-12-22)13-17-16-3-1-2-4-18(16)25-20-17/h5-8H,1-4,9-13H2,(H2,19,23,24). The number of fused-ring (bicyclic) bond motifs is 1. The molecule has 1 saturated heterocycles. The van der Waals surface area contributed by atoms with Crippen LogP contribution in [0.15, 0.2) is 33.7 Å². The van der Waals surface area contributed by atoms with Gasteiger partial charge in [0, 0.05) is 50.4 Å². The lowest BCUT2D eigenvalue weighted by Gasteiger charge is -2.36. The molecule has 4 rings (SSSR count). The Balaban J connectivity index is 1.36. The molecule has 1 fully saturated rings. The van der Waals surface area contributed by atoms with Crippen LogP contribution in [0.4, 0.5) is 5.69 Å². The Morgan fingerprint density at radius 2 is 1.73 bits per heavy atom.